The number of halogens is 1. The molecule has 1 heterocycles. The van der Waals surface area contributed by atoms with E-state index in [2.05, 4.69) is 5.32 Å². The van der Waals surface area contributed by atoms with Crippen molar-refractivity contribution in [2.45, 2.75) is 0 Å². The molecule has 160 valence electrons. The molecule has 0 bridgehead atoms. The molecule has 0 saturated carbocycles. The van der Waals surface area contributed by atoms with E-state index in [1.807, 2.05) is 0 Å². The quantitative estimate of drug-likeness (QED) is 0.615. The van der Waals surface area contributed by atoms with Crippen LogP contribution >= 0.6 is 11.6 Å². The van der Waals surface area contributed by atoms with Crippen LogP contribution in [0.3, 0.4) is 0 Å². The van der Waals surface area contributed by atoms with Crippen LogP contribution in [-0.4, -0.2) is 43.4 Å². The number of amides is 1. The van der Waals surface area contributed by atoms with Crippen LogP contribution < -0.4 is 20.0 Å². The Bertz CT molecular complexity index is 1300. The van der Waals surface area contributed by atoms with E-state index in [1.54, 1.807) is 32.3 Å². The van der Waals surface area contributed by atoms with E-state index in [-0.39, 0.29) is 16.4 Å². The van der Waals surface area contributed by atoms with Crippen LogP contribution in [0.15, 0.2) is 41.2 Å². The normalized spacial score (nSPS) is 11.5. The third-order valence-corrected chi connectivity index (χ3v) is 6.10. The Balaban J connectivity index is 1.87. The molecule has 0 saturated heterocycles. The number of ether oxygens (including phenoxy) is 1. The van der Waals surface area contributed by atoms with Crippen molar-refractivity contribution in [3.05, 3.63) is 51.9 Å². The predicted molar refractivity (Wildman–Crippen MR) is 117 cm³/mol. The Labute approximate surface area is 178 Å². The molecule has 9 nitrogen and oxygen atoms in total. The van der Waals surface area contributed by atoms with Crippen molar-refractivity contribution in [1.29, 1.82) is 0 Å². The summed E-state index contributed by atoms with van der Waals surface area (Å²) in [4.78, 5) is 24.6. The molecule has 30 heavy (non-hydrogen) atoms. The summed E-state index contributed by atoms with van der Waals surface area (Å²) in [6, 6.07) is 9.46. The number of nitrogens with zero attached hydrogens (tertiary/aromatic N) is 3. The van der Waals surface area contributed by atoms with Gasteiger partial charge in [-0.3, -0.25) is 18.2 Å². The first-order valence-corrected chi connectivity index (χ1v) is 11.0. The standard InChI is InChI=1S/C19H21ClN4O5S/c1-22-15-7-5-12(9-16(15)23(2)19(22)26)21-18(25)11-24(30(4,27)28)13-6-8-17(29-3)14(20)10-13/h5-10H,11H2,1-4H3,(H,21,25). The minimum absolute atomic E-state index is 0.187. The zero-order valence-electron chi connectivity index (χ0n) is 16.8. The molecule has 0 atom stereocenters. The van der Waals surface area contributed by atoms with Gasteiger partial charge in [-0.1, -0.05) is 11.6 Å². The molecule has 0 radical (unpaired) electrons. The van der Waals surface area contributed by atoms with Crippen molar-refractivity contribution >= 4 is 49.9 Å². The number of benzene rings is 2. The first kappa shape index (κ1) is 21.7. The second-order valence-electron chi connectivity index (χ2n) is 6.74. The summed E-state index contributed by atoms with van der Waals surface area (Å²) in [7, 11) is 0.979. The first-order valence-electron chi connectivity index (χ1n) is 8.79. The van der Waals surface area contributed by atoms with E-state index >= 15 is 0 Å². The molecule has 0 spiro atoms. The van der Waals surface area contributed by atoms with E-state index in [4.69, 9.17) is 16.3 Å². The molecular formula is C19H21ClN4O5S. The number of methoxy groups -OCH3 is 1. The lowest BCUT2D eigenvalue weighted by atomic mass is 10.2. The van der Waals surface area contributed by atoms with Gasteiger partial charge in [-0.05, 0) is 36.4 Å². The van der Waals surface area contributed by atoms with Crippen LogP contribution in [0.1, 0.15) is 0 Å². The van der Waals surface area contributed by atoms with Crippen LogP contribution in [-0.2, 0) is 28.9 Å². The van der Waals surface area contributed by atoms with Crippen LogP contribution in [0.4, 0.5) is 11.4 Å². The number of fused-ring (bicyclic) bond motifs is 1. The molecule has 0 aliphatic heterocycles. The van der Waals surface area contributed by atoms with E-state index < -0.39 is 22.5 Å². The maximum absolute atomic E-state index is 12.6. The average Bonchev–Trinajstić information content (AvgIpc) is 2.89. The number of rotatable bonds is 6. The minimum Gasteiger partial charge on any atom is -0.495 e. The molecule has 0 aliphatic carbocycles. The van der Waals surface area contributed by atoms with Crippen molar-refractivity contribution in [2.75, 3.05) is 29.5 Å². The Hall–Kier alpha value is -2.98. The molecular weight excluding hydrogens is 432 g/mol. The van der Waals surface area contributed by atoms with Gasteiger partial charge in [0, 0.05) is 19.8 Å². The van der Waals surface area contributed by atoms with Crippen LogP contribution in [0.2, 0.25) is 5.02 Å². The second-order valence-corrected chi connectivity index (χ2v) is 9.05. The van der Waals surface area contributed by atoms with Crippen molar-refractivity contribution in [2.24, 2.45) is 14.1 Å². The molecule has 11 heteroatoms. The van der Waals surface area contributed by atoms with Gasteiger partial charge >= 0.3 is 5.69 Å². The third-order valence-electron chi connectivity index (χ3n) is 4.67. The number of aromatic nitrogens is 2. The zero-order valence-corrected chi connectivity index (χ0v) is 18.4. The summed E-state index contributed by atoms with van der Waals surface area (Å²) in [6.45, 7) is -0.451. The van der Waals surface area contributed by atoms with Gasteiger partial charge in [0.2, 0.25) is 15.9 Å². The highest BCUT2D eigenvalue weighted by molar-refractivity contribution is 7.92. The summed E-state index contributed by atoms with van der Waals surface area (Å²) in [5.74, 6) is -0.159. The summed E-state index contributed by atoms with van der Waals surface area (Å²) < 4.78 is 33.5. The molecule has 1 aromatic heterocycles. The van der Waals surface area contributed by atoms with Gasteiger partial charge in [0.15, 0.2) is 0 Å². The number of sulfonamides is 1. The van der Waals surface area contributed by atoms with E-state index in [1.165, 1.54) is 34.4 Å². The minimum atomic E-state index is -3.76. The number of hydrogen-bond donors (Lipinski definition) is 1. The fourth-order valence-electron chi connectivity index (χ4n) is 3.13. The highest BCUT2D eigenvalue weighted by Crippen LogP contribution is 2.30. The van der Waals surface area contributed by atoms with Crippen molar-refractivity contribution in [3.8, 4) is 5.75 Å². The number of carbonyl (C=O) groups excluding carboxylic acids is 1. The number of carbonyl (C=O) groups is 1. The van der Waals surface area contributed by atoms with Gasteiger partial charge in [-0.25, -0.2) is 13.2 Å². The lowest BCUT2D eigenvalue weighted by Gasteiger charge is -2.22. The lowest BCUT2D eigenvalue weighted by molar-refractivity contribution is -0.114. The monoisotopic (exact) mass is 452 g/mol. The number of hydrogen-bond acceptors (Lipinski definition) is 5. The molecule has 2 aromatic carbocycles. The topological polar surface area (TPSA) is 103 Å². The maximum Gasteiger partial charge on any atom is 0.328 e. The van der Waals surface area contributed by atoms with Crippen molar-refractivity contribution in [3.63, 3.8) is 0 Å². The summed E-state index contributed by atoms with van der Waals surface area (Å²) in [5.41, 5.74) is 1.84. The lowest BCUT2D eigenvalue weighted by Crippen LogP contribution is -2.37. The average molecular weight is 453 g/mol. The van der Waals surface area contributed by atoms with Gasteiger partial charge in [0.05, 0.1) is 35.1 Å². The molecule has 0 fully saturated rings. The fraction of sp³-hybridized carbons (Fsp3) is 0.263. The third kappa shape index (κ3) is 4.14. The highest BCUT2D eigenvalue weighted by atomic mass is 35.5. The van der Waals surface area contributed by atoms with Crippen LogP contribution in [0, 0.1) is 0 Å². The van der Waals surface area contributed by atoms with Crippen LogP contribution in [0.5, 0.6) is 5.75 Å². The summed E-state index contributed by atoms with van der Waals surface area (Å²) in [6.07, 6.45) is 1.00. The molecule has 1 N–H and O–H groups in total. The number of aryl methyl sites for hydroxylation is 2. The molecule has 1 amide bonds. The van der Waals surface area contributed by atoms with Gasteiger partial charge < -0.3 is 10.1 Å². The molecule has 0 unspecified atom stereocenters. The Morgan fingerprint density at radius 2 is 1.80 bits per heavy atom. The highest BCUT2D eigenvalue weighted by Gasteiger charge is 2.22. The smallest absolute Gasteiger partial charge is 0.328 e. The number of nitrogens with one attached hydrogen (secondary N) is 1. The molecule has 3 rings (SSSR count). The Morgan fingerprint density at radius 3 is 2.40 bits per heavy atom. The van der Waals surface area contributed by atoms with Gasteiger partial charge in [-0.15, -0.1) is 0 Å². The van der Waals surface area contributed by atoms with Gasteiger partial charge in [0.1, 0.15) is 12.3 Å². The number of anilines is 2. The van der Waals surface area contributed by atoms with Gasteiger partial charge in [0.25, 0.3) is 0 Å². The van der Waals surface area contributed by atoms with Crippen molar-refractivity contribution < 1.29 is 17.9 Å². The predicted octanol–water partition coefficient (Wildman–Crippen LogP) is 1.94. The summed E-state index contributed by atoms with van der Waals surface area (Å²) in [5, 5.41) is 2.89. The molecule has 0 aliphatic rings. The van der Waals surface area contributed by atoms with E-state index in [0.717, 1.165) is 10.6 Å². The fourth-order valence-corrected chi connectivity index (χ4v) is 4.23. The Kier molecular flexibility index (Phi) is 5.82. The van der Waals surface area contributed by atoms with Gasteiger partial charge in [-0.2, -0.15) is 0 Å². The van der Waals surface area contributed by atoms with E-state index in [0.29, 0.717) is 22.5 Å². The summed E-state index contributed by atoms with van der Waals surface area (Å²) >= 11 is 6.10. The van der Waals surface area contributed by atoms with Crippen molar-refractivity contribution in [1.82, 2.24) is 9.13 Å². The molecule has 3 aromatic rings. The maximum atomic E-state index is 12.6. The van der Waals surface area contributed by atoms with Crippen LogP contribution in [0.25, 0.3) is 11.0 Å². The first-order chi connectivity index (χ1) is 14.0. The number of imidazole rings is 1. The zero-order chi connectivity index (χ0) is 22.2. The van der Waals surface area contributed by atoms with E-state index in [9.17, 15) is 18.0 Å². The Morgan fingerprint density at radius 1 is 1.13 bits per heavy atom. The SMILES string of the molecule is COc1ccc(N(CC(=O)Nc2ccc3c(c2)n(C)c(=O)n3C)S(C)(=O)=O)cc1Cl. The largest absolute Gasteiger partial charge is 0.495 e. The second kappa shape index (κ2) is 8.04.